The standard InChI is InChI=1S/C17H23NO5/c1-3-23-17(20)9-7-5-4-6-8-14-10-13(2)15(12-19)16(11-14)18(21)22/h10-12H,3-9H2,1-2H3. The highest BCUT2D eigenvalue weighted by Gasteiger charge is 2.16. The van der Waals surface area contributed by atoms with E-state index in [0.717, 1.165) is 37.7 Å². The van der Waals surface area contributed by atoms with Crippen LogP contribution in [0.1, 0.15) is 60.5 Å². The molecule has 0 N–H and O–H groups in total. The summed E-state index contributed by atoms with van der Waals surface area (Å²) in [6.07, 6.45) is 5.25. The summed E-state index contributed by atoms with van der Waals surface area (Å²) in [5.41, 5.74) is 1.52. The number of hydrogen-bond donors (Lipinski definition) is 0. The number of nitro groups is 1. The number of carbonyl (C=O) groups excluding carboxylic acids is 2. The molecule has 1 aromatic carbocycles. The number of rotatable bonds is 10. The van der Waals surface area contributed by atoms with E-state index in [4.69, 9.17) is 4.74 Å². The normalized spacial score (nSPS) is 10.3. The summed E-state index contributed by atoms with van der Waals surface area (Å²) >= 11 is 0. The van der Waals surface area contributed by atoms with Gasteiger partial charge in [0.2, 0.25) is 0 Å². The van der Waals surface area contributed by atoms with Gasteiger partial charge >= 0.3 is 5.97 Å². The number of hydrogen-bond acceptors (Lipinski definition) is 5. The molecule has 6 heteroatoms. The number of benzene rings is 1. The van der Waals surface area contributed by atoms with E-state index in [0.29, 0.717) is 24.9 Å². The van der Waals surface area contributed by atoms with Gasteiger partial charge in [-0.2, -0.15) is 0 Å². The number of nitrogens with zero attached hydrogens (tertiary/aromatic N) is 1. The summed E-state index contributed by atoms with van der Waals surface area (Å²) in [5.74, 6) is -0.164. The first-order valence-corrected chi connectivity index (χ1v) is 7.88. The van der Waals surface area contributed by atoms with Gasteiger partial charge in [0.25, 0.3) is 5.69 Å². The highest BCUT2D eigenvalue weighted by molar-refractivity contribution is 5.83. The van der Waals surface area contributed by atoms with Crippen molar-refractivity contribution >= 4 is 17.9 Å². The first-order valence-electron chi connectivity index (χ1n) is 7.88. The predicted molar refractivity (Wildman–Crippen MR) is 86.6 cm³/mol. The Morgan fingerprint density at radius 2 is 1.96 bits per heavy atom. The van der Waals surface area contributed by atoms with Crippen LogP contribution in [0.5, 0.6) is 0 Å². The molecule has 0 fully saturated rings. The van der Waals surface area contributed by atoms with Gasteiger partial charge in [-0.3, -0.25) is 19.7 Å². The molecule has 0 heterocycles. The molecule has 23 heavy (non-hydrogen) atoms. The van der Waals surface area contributed by atoms with Crippen LogP contribution in [0.2, 0.25) is 0 Å². The van der Waals surface area contributed by atoms with Gasteiger partial charge in [-0.15, -0.1) is 0 Å². The Kier molecular flexibility index (Phi) is 7.94. The summed E-state index contributed by atoms with van der Waals surface area (Å²) < 4.78 is 4.86. The zero-order valence-electron chi connectivity index (χ0n) is 13.7. The van der Waals surface area contributed by atoms with Crippen molar-refractivity contribution < 1.29 is 19.2 Å². The topological polar surface area (TPSA) is 86.5 Å². The quantitative estimate of drug-likeness (QED) is 0.215. The Morgan fingerprint density at radius 3 is 2.57 bits per heavy atom. The molecule has 0 amide bonds. The molecule has 0 aliphatic heterocycles. The fraction of sp³-hybridized carbons (Fsp3) is 0.529. The maximum absolute atomic E-state index is 11.2. The lowest BCUT2D eigenvalue weighted by molar-refractivity contribution is -0.385. The van der Waals surface area contributed by atoms with E-state index in [1.165, 1.54) is 6.07 Å². The van der Waals surface area contributed by atoms with Crippen LogP contribution in [0.25, 0.3) is 0 Å². The average Bonchev–Trinajstić information content (AvgIpc) is 2.50. The monoisotopic (exact) mass is 321 g/mol. The second-order valence-electron chi connectivity index (χ2n) is 5.44. The number of ether oxygens (including phenoxy) is 1. The van der Waals surface area contributed by atoms with Crippen LogP contribution in [0, 0.1) is 17.0 Å². The SMILES string of the molecule is CCOC(=O)CCCCCCc1cc(C)c(C=O)c([N+](=O)[O-])c1. The third-order valence-electron chi connectivity index (χ3n) is 3.64. The Labute approximate surface area is 136 Å². The van der Waals surface area contributed by atoms with Crippen LogP contribution in [-0.2, 0) is 16.0 Å². The molecular weight excluding hydrogens is 298 g/mol. The van der Waals surface area contributed by atoms with E-state index < -0.39 is 4.92 Å². The van der Waals surface area contributed by atoms with Gasteiger partial charge in [0.15, 0.2) is 6.29 Å². The summed E-state index contributed by atoms with van der Waals surface area (Å²) in [4.78, 5) is 32.6. The molecule has 0 radical (unpaired) electrons. The maximum Gasteiger partial charge on any atom is 0.305 e. The molecule has 0 spiro atoms. The first-order chi connectivity index (χ1) is 11.0. The number of aryl methyl sites for hydroxylation is 2. The Hall–Kier alpha value is -2.24. The van der Waals surface area contributed by atoms with Gasteiger partial charge < -0.3 is 4.74 Å². The molecule has 0 saturated carbocycles. The van der Waals surface area contributed by atoms with E-state index in [9.17, 15) is 19.7 Å². The minimum atomic E-state index is -0.514. The van der Waals surface area contributed by atoms with Crippen LogP contribution in [0.15, 0.2) is 12.1 Å². The molecule has 6 nitrogen and oxygen atoms in total. The van der Waals surface area contributed by atoms with Crippen molar-refractivity contribution in [2.45, 2.75) is 52.4 Å². The van der Waals surface area contributed by atoms with Gasteiger partial charge in [0, 0.05) is 12.5 Å². The Morgan fingerprint density at radius 1 is 1.26 bits per heavy atom. The molecule has 0 bridgehead atoms. The minimum Gasteiger partial charge on any atom is -0.466 e. The third kappa shape index (κ3) is 6.18. The summed E-state index contributed by atoms with van der Waals surface area (Å²) in [6.45, 7) is 3.91. The molecule has 0 aliphatic carbocycles. The van der Waals surface area contributed by atoms with Crippen molar-refractivity contribution in [2.75, 3.05) is 6.61 Å². The second-order valence-corrected chi connectivity index (χ2v) is 5.44. The lowest BCUT2D eigenvalue weighted by Gasteiger charge is -2.06. The third-order valence-corrected chi connectivity index (χ3v) is 3.64. The van der Waals surface area contributed by atoms with Crippen molar-refractivity contribution in [3.05, 3.63) is 38.9 Å². The zero-order valence-corrected chi connectivity index (χ0v) is 13.7. The van der Waals surface area contributed by atoms with E-state index in [2.05, 4.69) is 0 Å². The molecule has 0 unspecified atom stereocenters. The fourth-order valence-electron chi connectivity index (χ4n) is 2.49. The van der Waals surface area contributed by atoms with Gasteiger partial charge in [-0.05, 0) is 44.2 Å². The highest BCUT2D eigenvalue weighted by Crippen LogP contribution is 2.24. The van der Waals surface area contributed by atoms with Crippen molar-refractivity contribution in [3.63, 3.8) is 0 Å². The van der Waals surface area contributed by atoms with Crippen LogP contribution in [0.4, 0.5) is 5.69 Å². The molecule has 0 atom stereocenters. The van der Waals surface area contributed by atoms with Crippen molar-refractivity contribution in [2.24, 2.45) is 0 Å². The zero-order chi connectivity index (χ0) is 17.2. The lowest BCUT2D eigenvalue weighted by atomic mass is 9.99. The molecule has 1 aromatic rings. The highest BCUT2D eigenvalue weighted by atomic mass is 16.6. The first kappa shape index (κ1) is 18.8. The van der Waals surface area contributed by atoms with Gasteiger partial charge in [0.05, 0.1) is 17.1 Å². The molecule has 0 aromatic heterocycles. The summed E-state index contributed by atoms with van der Waals surface area (Å²) in [7, 11) is 0. The Balaban J connectivity index is 2.45. The number of nitro benzene ring substituents is 1. The number of aldehydes is 1. The molecule has 0 aliphatic rings. The number of carbonyl (C=O) groups is 2. The molecule has 1 rings (SSSR count). The Bertz CT molecular complexity index is 568. The van der Waals surface area contributed by atoms with Crippen molar-refractivity contribution in [1.82, 2.24) is 0 Å². The number of unbranched alkanes of at least 4 members (excludes halogenated alkanes) is 3. The lowest BCUT2D eigenvalue weighted by Crippen LogP contribution is -2.03. The smallest absolute Gasteiger partial charge is 0.305 e. The average molecular weight is 321 g/mol. The van der Waals surface area contributed by atoms with Crippen LogP contribution >= 0.6 is 0 Å². The van der Waals surface area contributed by atoms with Crippen LogP contribution in [0.3, 0.4) is 0 Å². The second kappa shape index (κ2) is 9.71. The largest absolute Gasteiger partial charge is 0.466 e. The van der Waals surface area contributed by atoms with Gasteiger partial charge in [0.1, 0.15) is 0 Å². The number of esters is 1. The fourth-order valence-corrected chi connectivity index (χ4v) is 2.49. The minimum absolute atomic E-state index is 0.127. The van der Waals surface area contributed by atoms with E-state index >= 15 is 0 Å². The molecule has 0 saturated heterocycles. The van der Waals surface area contributed by atoms with Crippen LogP contribution < -0.4 is 0 Å². The predicted octanol–water partition coefficient (Wildman–Crippen LogP) is 3.77. The van der Waals surface area contributed by atoms with Gasteiger partial charge in [-0.1, -0.05) is 18.9 Å². The summed E-state index contributed by atoms with van der Waals surface area (Å²) in [6, 6.07) is 3.31. The maximum atomic E-state index is 11.2. The van der Waals surface area contributed by atoms with E-state index in [1.807, 2.05) is 6.07 Å². The summed E-state index contributed by atoms with van der Waals surface area (Å²) in [5, 5.41) is 11.0. The van der Waals surface area contributed by atoms with E-state index in [1.54, 1.807) is 13.8 Å². The van der Waals surface area contributed by atoms with Crippen molar-refractivity contribution in [3.8, 4) is 0 Å². The molecular formula is C17H23NO5. The molecule has 126 valence electrons. The van der Waals surface area contributed by atoms with E-state index in [-0.39, 0.29) is 17.2 Å². The van der Waals surface area contributed by atoms with Crippen LogP contribution in [-0.4, -0.2) is 23.8 Å². The van der Waals surface area contributed by atoms with Crippen molar-refractivity contribution in [1.29, 1.82) is 0 Å². The van der Waals surface area contributed by atoms with Gasteiger partial charge in [-0.25, -0.2) is 0 Å².